The highest BCUT2D eigenvalue weighted by atomic mass is 32.2. The molecule has 1 N–H and O–H groups in total. The molecule has 0 bridgehead atoms. The molecule has 9 heteroatoms. The number of halogens is 3. The molecule has 1 atom stereocenters. The first-order valence-electron chi connectivity index (χ1n) is 7.92. The standard InChI is InChI=1S/C18H21F3O5S/c1-13(2)11-15(22)8-6-4-5-7-14-12-16(25-3)9-10-17(14)26-27(23,24)18(19,20)21/h9-10,12,15,22H,1,5,7-8,11H2,2-3H3/t15-/m1/s1. The molecule has 0 aliphatic heterocycles. The molecule has 0 unspecified atom stereocenters. The fourth-order valence-corrected chi connectivity index (χ4v) is 2.57. The second-order valence-electron chi connectivity index (χ2n) is 5.83. The number of aliphatic hydroxyl groups excluding tert-OH is 1. The van der Waals surface area contributed by atoms with Crippen LogP contribution in [0.4, 0.5) is 13.2 Å². The lowest BCUT2D eigenvalue weighted by Crippen LogP contribution is -2.28. The van der Waals surface area contributed by atoms with Gasteiger partial charge in [-0.1, -0.05) is 5.57 Å². The molecule has 150 valence electrons. The number of hydrogen-bond acceptors (Lipinski definition) is 5. The zero-order valence-corrected chi connectivity index (χ0v) is 15.8. The summed E-state index contributed by atoms with van der Waals surface area (Å²) in [5.74, 6) is 5.46. The number of benzene rings is 1. The monoisotopic (exact) mass is 406 g/mol. The Balaban J connectivity index is 2.86. The lowest BCUT2D eigenvalue weighted by atomic mass is 10.1. The van der Waals surface area contributed by atoms with Gasteiger partial charge >= 0.3 is 15.6 Å². The van der Waals surface area contributed by atoms with Gasteiger partial charge in [0, 0.05) is 18.4 Å². The predicted octanol–water partition coefficient (Wildman–Crippen LogP) is 3.58. The van der Waals surface area contributed by atoms with Gasteiger partial charge in [0.25, 0.3) is 0 Å². The summed E-state index contributed by atoms with van der Waals surface area (Å²) in [6, 6.07) is 3.78. The van der Waals surface area contributed by atoms with Gasteiger partial charge in [-0.25, -0.2) is 0 Å². The van der Waals surface area contributed by atoms with Crippen LogP contribution in [0.15, 0.2) is 30.4 Å². The molecule has 0 aliphatic rings. The fraction of sp³-hybridized carbons (Fsp3) is 0.444. The molecule has 0 heterocycles. The molecule has 27 heavy (non-hydrogen) atoms. The van der Waals surface area contributed by atoms with E-state index in [9.17, 15) is 26.7 Å². The van der Waals surface area contributed by atoms with Crippen molar-refractivity contribution in [3.63, 3.8) is 0 Å². The lowest BCUT2D eigenvalue weighted by molar-refractivity contribution is -0.0500. The van der Waals surface area contributed by atoms with Crippen LogP contribution in [0, 0.1) is 11.8 Å². The van der Waals surface area contributed by atoms with Crippen LogP contribution < -0.4 is 8.92 Å². The SMILES string of the molecule is C=C(C)C[C@H](O)CC#CCCc1cc(OC)ccc1OS(=O)(=O)C(F)(F)F. The minimum Gasteiger partial charge on any atom is -0.497 e. The maximum atomic E-state index is 12.5. The van der Waals surface area contributed by atoms with E-state index in [1.165, 1.54) is 19.2 Å². The number of aryl methyl sites for hydroxylation is 1. The van der Waals surface area contributed by atoms with Crippen molar-refractivity contribution in [2.24, 2.45) is 0 Å². The number of alkyl halides is 3. The first-order chi connectivity index (χ1) is 12.5. The summed E-state index contributed by atoms with van der Waals surface area (Å²) < 4.78 is 69.3. The Hall–Kier alpha value is -2.18. The quantitative estimate of drug-likeness (QED) is 0.309. The van der Waals surface area contributed by atoms with E-state index in [4.69, 9.17) is 4.74 Å². The molecular weight excluding hydrogens is 385 g/mol. The van der Waals surface area contributed by atoms with Crippen molar-refractivity contribution in [1.29, 1.82) is 0 Å². The molecule has 0 amide bonds. The molecule has 5 nitrogen and oxygen atoms in total. The average Bonchev–Trinajstić information content (AvgIpc) is 2.53. The highest BCUT2D eigenvalue weighted by Gasteiger charge is 2.48. The van der Waals surface area contributed by atoms with Gasteiger partial charge < -0.3 is 14.0 Å². The van der Waals surface area contributed by atoms with Crippen molar-refractivity contribution in [3.05, 3.63) is 35.9 Å². The van der Waals surface area contributed by atoms with Gasteiger partial charge in [0.05, 0.1) is 13.2 Å². The molecule has 0 aliphatic carbocycles. The van der Waals surface area contributed by atoms with Crippen LogP contribution in [0.2, 0.25) is 0 Å². The molecular formula is C18H21F3O5S. The number of aliphatic hydroxyl groups is 1. The molecule has 0 radical (unpaired) electrons. The van der Waals surface area contributed by atoms with Crippen LogP contribution in [0.3, 0.4) is 0 Å². The van der Waals surface area contributed by atoms with Crippen LogP contribution in [-0.2, 0) is 16.5 Å². The van der Waals surface area contributed by atoms with E-state index in [0.717, 1.165) is 11.6 Å². The van der Waals surface area contributed by atoms with E-state index in [1.807, 2.05) is 0 Å². The van der Waals surface area contributed by atoms with Crippen molar-refractivity contribution in [3.8, 4) is 23.3 Å². The number of ether oxygens (including phenoxy) is 1. The van der Waals surface area contributed by atoms with Gasteiger partial charge in [-0.2, -0.15) is 21.6 Å². The number of rotatable bonds is 8. The van der Waals surface area contributed by atoms with E-state index in [-0.39, 0.29) is 24.8 Å². The van der Waals surface area contributed by atoms with Gasteiger partial charge in [-0.15, -0.1) is 18.4 Å². The highest BCUT2D eigenvalue weighted by Crippen LogP contribution is 2.31. The summed E-state index contributed by atoms with van der Waals surface area (Å²) in [6.45, 7) is 5.48. The maximum Gasteiger partial charge on any atom is 0.534 e. The lowest BCUT2D eigenvalue weighted by Gasteiger charge is -2.13. The molecule has 0 aromatic heterocycles. The molecule has 0 spiro atoms. The van der Waals surface area contributed by atoms with E-state index in [2.05, 4.69) is 22.6 Å². The summed E-state index contributed by atoms with van der Waals surface area (Å²) >= 11 is 0. The Labute approximate surface area is 156 Å². The topological polar surface area (TPSA) is 72.8 Å². The van der Waals surface area contributed by atoms with Gasteiger partial charge in [0.1, 0.15) is 11.5 Å². The molecule has 1 aromatic carbocycles. The third kappa shape index (κ3) is 7.53. The van der Waals surface area contributed by atoms with Gasteiger partial charge in [0.15, 0.2) is 0 Å². The van der Waals surface area contributed by atoms with Crippen LogP contribution in [0.1, 0.15) is 31.7 Å². The van der Waals surface area contributed by atoms with Crippen molar-refractivity contribution in [2.75, 3.05) is 7.11 Å². The number of hydrogen-bond donors (Lipinski definition) is 1. The van der Waals surface area contributed by atoms with Gasteiger partial charge in [-0.3, -0.25) is 0 Å². The van der Waals surface area contributed by atoms with Crippen LogP contribution >= 0.6 is 0 Å². The van der Waals surface area contributed by atoms with Crippen LogP contribution in [0.5, 0.6) is 11.5 Å². The predicted molar refractivity (Wildman–Crippen MR) is 94.7 cm³/mol. The maximum absolute atomic E-state index is 12.5. The Kier molecular flexibility index (Phi) is 8.19. The summed E-state index contributed by atoms with van der Waals surface area (Å²) in [5, 5.41) is 9.68. The number of methoxy groups -OCH3 is 1. The largest absolute Gasteiger partial charge is 0.534 e. The normalized spacial score (nSPS) is 12.7. The molecule has 0 fully saturated rings. The zero-order valence-electron chi connectivity index (χ0n) is 15.0. The zero-order chi connectivity index (χ0) is 20.7. The Morgan fingerprint density at radius 3 is 2.56 bits per heavy atom. The molecule has 1 rings (SSSR count). The summed E-state index contributed by atoms with van der Waals surface area (Å²) in [5.41, 5.74) is -4.49. The minimum atomic E-state index is -5.77. The van der Waals surface area contributed by atoms with E-state index >= 15 is 0 Å². The van der Waals surface area contributed by atoms with Crippen molar-refractivity contribution in [1.82, 2.24) is 0 Å². The van der Waals surface area contributed by atoms with Crippen molar-refractivity contribution < 1.29 is 35.6 Å². The van der Waals surface area contributed by atoms with Crippen molar-refractivity contribution >= 4 is 10.1 Å². The Bertz CT molecular complexity index is 820. The van der Waals surface area contributed by atoms with E-state index in [0.29, 0.717) is 12.2 Å². The second kappa shape index (κ2) is 9.67. The third-order valence-electron chi connectivity index (χ3n) is 3.32. The Morgan fingerprint density at radius 1 is 1.33 bits per heavy atom. The highest BCUT2D eigenvalue weighted by molar-refractivity contribution is 7.88. The molecule has 0 saturated heterocycles. The first-order valence-corrected chi connectivity index (χ1v) is 9.33. The second-order valence-corrected chi connectivity index (χ2v) is 7.37. The Morgan fingerprint density at radius 2 is 2.00 bits per heavy atom. The van der Waals surface area contributed by atoms with Crippen LogP contribution in [0.25, 0.3) is 0 Å². The summed E-state index contributed by atoms with van der Waals surface area (Å²) in [7, 11) is -4.40. The summed E-state index contributed by atoms with van der Waals surface area (Å²) in [4.78, 5) is 0. The van der Waals surface area contributed by atoms with Crippen molar-refractivity contribution in [2.45, 2.75) is 44.2 Å². The summed E-state index contributed by atoms with van der Waals surface area (Å²) in [6.07, 6.45) is 0.399. The van der Waals surface area contributed by atoms with E-state index in [1.54, 1.807) is 6.92 Å². The van der Waals surface area contributed by atoms with Crippen LogP contribution in [-0.4, -0.2) is 32.2 Å². The molecule has 0 saturated carbocycles. The molecule has 1 aromatic rings. The van der Waals surface area contributed by atoms with Gasteiger partial charge in [0.2, 0.25) is 0 Å². The smallest absolute Gasteiger partial charge is 0.497 e. The third-order valence-corrected chi connectivity index (χ3v) is 4.28. The van der Waals surface area contributed by atoms with Gasteiger partial charge in [-0.05, 0) is 38.0 Å². The average molecular weight is 406 g/mol. The minimum absolute atomic E-state index is 0.142. The van der Waals surface area contributed by atoms with E-state index < -0.39 is 27.5 Å². The first kappa shape index (κ1) is 22.9. The fourth-order valence-electron chi connectivity index (χ4n) is 2.07.